The summed E-state index contributed by atoms with van der Waals surface area (Å²) >= 11 is 0. The SMILES string of the molecule is Cl.O=C(CNCC1CC1)NCC1(c2ccc(F)cc2)CCOCC1. The molecule has 1 saturated heterocycles. The number of benzene rings is 1. The van der Waals surface area contributed by atoms with Crippen LogP contribution in [0.25, 0.3) is 0 Å². The van der Waals surface area contributed by atoms with Gasteiger partial charge >= 0.3 is 0 Å². The molecule has 2 fully saturated rings. The van der Waals surface area contributed by atoms with Crippen LogP contribution in [-0.2, 0) is 14.9 Å². The lowest BCUT2D eigenvalue weighted by Gasteiger charge is -2.38. The van der Waals surface area contributed by atoms with Gasteiger partial charge in [0.15, 0.2) is 0 Å². The minimum absolute atomic E-state index is 0. The Morgan fingerprint density at radius 2 is 1.88 bits per heavy atom. The average molecular weight is 357 g/mol. The van der Waals surface area contributed by atoms with E-state index in [0.29, 0.717) is 26.3 Å². The van der Waals surface area contributed by atoms with E-state index in [-0.39, 0.29) is 29.5 Å². The fourth-order valence-corrected chi connectivity index (χ4v) is 3.18. The normalized spacial score (nSPS) is 19.4. The molecule has 1 aromatic carbocycles. The van der Waals surface area contributed by atoms with Crippen LogP contribution in [0, 0.1) is 11.7 Å². The average Bonchev–Trinajstić information content (AvgIpc) is 3.39. The number of carbonyl (C=O) groups is 1. The molecule has 24 heavy (non-hydrogen) atoms. The van der Waals surface area contributed by atoms with Crippen molar-refractivity contribution in [2.24, 2.45) is 5.92 Å². The Balaban J connectivity index is 0.00000208. The summed E-state index contributed by atoms with van der Waals surface area (Å²) in [5, 5.41) is 6.26. The minimum atomic E-state index is -0.232. The van der Waals surface area contributed by atoms with Gasteiger partial charge in [-0.3, -0.25) is 4.79 Å². The third kappa shape index (κ3) is 5.16. The van der Waals surface area contributed by atoms with Crippen LogP contribution in [0.2, 0.25) is 0 Å². The lowest BCUT2D eigenvalue weighted by Crippen LogP contribution is -2.46. The molecular formula is C18H26ClFN2O2. The molecule has 0 atom stereocenters. The van der Waals surface area contributed by atoms with E-state index in [1.165, 1.54) is 25.0 Å². The van der Waals surface area contributed by atoms with Gasteiger partial charge in [-0.1, -0.05) is 12.1 Å². The minimum Gasteiger partial charge on any atom is -0.381 e. The van der Waals surface area contributed by atoms with E-state index in [1.54, 1.807) is 0 Å². The van der Waals surface area contributed by atoms with E-state index in [2.05, 4.69) is 10.6 Å². The number of ether oxygens (including phenoxy) is 1. The first kappa shape index (κ1) is 19.2. The summed E-state index contributed by atoms with van der Waals surface area (Å²) in [5.74, 6) is 0.562. The van der Waals surface area contributed by atoms with Crippen molar-refractivity contribution in [3.8, 4) is 0 Å². The molecule has 1 heterocycles. The molecule has 0 bridgehead atoms. The quantitative estimate of drug-likeness (QED) is 0.788. The molecule has 0 aromatic heterocycles. The molecule has 1 amide bonds. The summed E-state index contributed by atoms with van der Waals surface area (Å²) in [6.45, 7) is 3.23. The molecule has 2 N–H and O–H groups in total. The highest BCUT2D eigenvalue weighted by atomic mass is 35.5. The van der Waals surface area contributed by atoms with E-state index in [4.69, 9.17) is 4.74 Å². The molecule has 134 valence electrons. The van der Waals surface area contributed by atoms with E-state index < -0.39 is 0 Å². The maximum Gasteiger partial charge on any atom is 0.233 e. The van der Waals surface area contributed by atoms with Crippen LogP contribution < -0.4 is 10.6 Å². The zero-order valence-corrected chi connectivity index (χ0v) is 14.7. The number of halogens is 2. The molecule has 0 unspecified atom stereocenters. The molecular weight excluding hydrogens is 331 g/mol. The number of carbonyl (C=O) groups excluding carboxylic acids is 1. The van der Waals surface area contributed by atoms with Gasteiger partial charge in [-0.15, -0.1) is 12.4 Å². The fourth-order valence-electron chi connectivity index (χ4n) is 3.18. The Hall–Kier alpha value is -1.17. The Morgan fingerprint density at radius 1 is 1.21 bits per heavy atom. The van der Waals surface area contributed by atoms with Gasteiger partial charge in [-0.25, -0.2) is 4.39 Å². The number of amides is 1. The van der Waals surface area contributed by atoms with Crippen LogP contribution in [0.1, 0.15) is 31.2 Å². The van der Waals surface area contributed by atoms with Crippen molar-refractivity contribution in [3.63, 3.8) is 0 Å². The predicted octanol–water partition coefficient (Wildman–Crippen LogP) is 2.41. The number of nitrogens with one attached hydrogen (secondary N) is 2. The summed E-state index contributed by atoms with van der Waals surface area (Å²) in [4.78, 5) is 12.1. The fraction of sp³-hybridized carbons (Fsp3) is 0.611. The highest BCUT2D eigenvalue weighted by Crippen LogP contribution is 2.34. The molecule has 6 heteroatoms. The molecule has 4 nitrogen and oxygen atoms in total. The van der Waals surface area contributed by atoms with Gasteiger partial charge in [0, 0.05) is 25.2 Å². The van der Waals surface area contributed by atoms with E-state index >= 15 is 0 Å². The Morgan fingerprint density at radius 3 is 2.50 bits per heavy atom. The second-order valence-electron chi connectivity index (χ2n) is 6.75. The van der Waals surface area contributed by atoms with Gasteiger partial charge in [0.25, 0.3) is 0 Å². The van der Waals surface area contributed by atoms with Crippen molar-refractivity contribution < 1.29 is 13.9 Å². The van der Waals surface area contributed by atoms with Crippen LogP contribution in [0.3, 0.4) is 0 Å². The maximum atomic E-state index is 13.2. The van der Waals surface area contributed by atoms with Crippen LogP contribution in [0.15, 0.2) is 24.3 Å². The van der Waals surface area contributed by atoms with Gasteiger partial charge < -0.3 is 15.4 Å². The maximum absolute atomic E-state index is 13.2. The highest BCUT2D eigenvalue weighted by Gasteiger charge is 2.34. The number of rotatable bonds is 7. The molecule has 1 aliphatic heterocycles. The molecule has 1 aliphatic carbocycles. The van der Waals surface area contributed by atoms with Crippen molar-refractivity contribution >= 4 is 18.3 Å². The van der Waals surface area contributed by atoms with Gasteiger partial charge in [0.05, 0.1) is 6.54 Å². The topological polar surface area (TPSA) is 50.4 Å². The summed E-state index contributed by atoms with van der Waals surface area (Å²) in [6.07, 6.45) is 4.24. The van der Waals surface area contributed by atoms with Gasteiger partial charge in [0.1, 0.15) is 5.82 Å². The first-order valence-electron chi connectivity index (χ1n) is 8.49. The summed E-state index contributed by atoms with van der Waals surface area (Å²) in [6, 6.07) is 6.65. The van der Waals surface area contributed by atoms with Crippen molar-refractivity contribution in [2.45, 2.75) is 31.1 Å². The summed E-state index contributed by atoms with van der Waals surface area (Å²) in [7, 11) is 0. The second kappa shape index (κ2) is 8.79. The summed E-state index contributed by atoms with van der Waals surface area (Å²) in [5.41, 5.74) is 0.923. The zero-order valence-electron chi connectivity index (χ0n) is 13.9. The standard InChI is InChI=1S/C18H25FN2O2.ClH/c19-16-5-3-15(4-6-16)18(7-9-23-10-8-18)13-21-17(22)12-20-11-14-1-2-14;/h3-6,14,20H,1-2,7-13H2,(H,21,22);1H. The monoisotopic (exact) mass is 356 g/mol. The molecule has 1 aromatic rings. The highest BCUT2D eigenvalue weighted by molar-refractivity contribution is 5.85. The third-order valence-corrected chi connectivity index (χ3v) is 4.95. The van der Waals surface area contributed by atoms with Crippen LogP contribution >= 0.6 is 12.4 Å². The number of hydrogen-bond donors (Lipinski definition) is 2. The zero-order chi connectivity index (χ0) is 16.1. The van der Waals surface area contributed by atoms with Gasteiger partial charge in [-0.2, -0.15) is 0 Å². The van der Waals surface area contributed by atoms with Crippen molar-refractivity contribution in [1.82, 2.24) is 10.6 Å². The van der Waals surface area contributed by atoms with E-state index in [1.807, 2.05) is 12.1 Å². The first-order chi connectivity index (χ1) is 11.2. The van der Waals surface area contributed by atoms with E-state index in [9.17, 15) is 9.18 Å². The van der Waals surface area contributed by atoms with Gasteiger partial charge in [0.2, 0.25) is 5.91 Å². The molecule has 0 radical (unpaired) electrons. The lowest BCUT2D eigenvalue weighted by molar-refractivity contribution is -0.120. The van der Waals surface area contributed by atoms with Crippen LogP contribution in [0.4, 0.5) is 4.39 Å². The van der Waals surface area contributed by atoms with Crippen molar-refractivity contribution in [1.29, 1.82) is 0 Å². The first-order valence-corrected chi connectivity index (χ1v) is 8.49. The van der Waals surface area contributed by atoms with Crippen molar-refractivity contribution in [2.75, 3.05) is 32.8 Å². The Bertz CT molecular complexity index is 528. The Kier molecular flexibility index (Phi) is 7.02. The van der Waals surface area contributed by atoms with Gasteiger partial charge in [-0.05, 0) is 55.8 Å². The van der Waals surface area contributed by atoms with E-state index in [0.717, 1.165) is 30.9 Å². The predicted molar refractivity (Wildman–Crippen MR) is 94.0 cm³/mol. The Labute approximate surface area is 148 Å². The smallest absolute Gasteiger partial charge is 0.233 e. The largest absolute Gasteiger partial charge is 0.381 e. The molecule has 3 rings (SSSR count). The second-order valence-corrected chi connectivity index (χ2v) is 6.75. The lowest BCUT2D eigenvalue weighted by atomic mass is 9.74. The number of hydrogen-bond acceptors (Lipinski definition) is 3. The van der Waals surface area contributed by atoms with Crippen LogP contribution in [0.5, 0.6) is 0 Å². The van der Waals surface area contributed by atoms with Crippen LogP contribution in [-0.4, -0.2) is 38.8 Å². The third-order valence-electron chi connectivity index (χ3n) is 4.95. The summed E-state index contributed by atoms with van der Waals surface area (Å²) < 4.78 is 18.7. The van der Waals surface area contributed by atoms with Crippen molar-refractivity contribution in [3.05, 3.63) is 35.6 Å². The molecule has 0 spiro atoms. The molecule has 1 saturated carbocycles. The molecule has 2 aliphatic rings.